The number of amides is 1. The molecule has 5 heteroatoms. The lowest BCUT2D eigenvalue weighted by molar-refractivity contribution is -0.124. The fraction of sp³-hybridized carbons (Fsp3) is 0.500. The molecule has 2 N–H and O–H groups in total. The molecule has 1 aromatic carbocycles. The number of aryl methyl sites for hydroxylation is 1. The van der Waals surface area contributed by atoms with Crippen LogP contribution in [0.25, 0.3) is 10.9 Å². The zero-order valence-electron chi connectivity index (χ0n) is 13.4. The Morgan fingerprint density at radius 1 is 1.30 bits per heavy atom. The summed E-state index contributed by atoms with van der Waals surface area (Å²) < 4.78 is 0. The van der Waals surface area contributed by atoms with E-state index in [9.17, 15) is 4.79 Å². The molecule has 2 bridgehead atoms. The van der Waals surface area contributed by atoms with E-state index >= 15 is 0 Å². The molecule has 0 radical (unpaired) electrons. The summed E-state index contributed by atoms with van der Waals surface area (Å²) in [6.45, 7) is 4.81. The molecule has 122 valence electrons. The van der Waals surface area contributed by atoms with Gasteiger partial charge in [-0.2, -0.15) is 0 Å². The molecule has 0 unspecified atom stereocenters. The van der Waals surface area contributed by atoms with Crippen LogP contribution in [0.1, 0.15) is 30.5 Å². The van der Waals surface area contributed by atoms with Crippen LogP contribution in [-0.2, 0) is 11.3 Å². The van der Waals surface area contributed by atoms with Crippen LogP contribution in [-0.4, -0.2) is 34.9 Å². The number of carbonyl (C=O) groups excluding carboxylic acids is 1. The van der Waals surface area contributed by atoms with Crippen molar-refractivity contribution in [2.75, 3.05) is 13.1 Å². The highest BCUT2D eigenvalue weighted by atomic mass is 35.5. The Balaban J connectivity index is 1.60. The Kier molecular flexibility index (Phi) is 3.82. The van der Waals surface area contributed by atoms with Gasteiger partial charge in [0.25, 0.3) is 0 Å². The van der Waals surface area contributed by atoms with Gasteiger partial charge in [-0.05, 0) is 43.5 Å². The normalized spacial score (nSPS) is 25.4. The summed E-state index contributed by atoms with van der Waals surface area (Å²) in [5.41, 5.74) is 3.62. The van der Waals surface area contributed by atoms with Crippen molar-refractivity contribution in [2.45, 2.75) is 38.8 Å². The van der Waals surface area contributed by atoms with Gasteiger partial charge in [-0.15, -0.1) is 0 Å². The zero-order chi connectivity index (χ0) is 16.0. The molecule has 3 heterocycles. The largest absolute Gasteiger partial charge is 0.357 e. The minimum absolute atomic E-state index is 0.140. The number of halogens is 1. The standard InChI is InChI=1S/C18H22ClN3O/c1-11-15-7-13(19)5-6-16(15)21-17(11)10-22-8-12-3-2-4-14(9-22)20-18(12)23/h5-7,12,14,21H,2-4,8-10H2,1H3,(H,20,23)/t12-,14+/m0/s1. The highest BCUT2D eigenvalue weighted by Gasteiger charge is 2.32. The molecular weight excluding hydrogens is 310 g/mol. The number of aromatic nitrogens is 1. The maximum atomic E-state index is 12.2. The van der Waals surface area contributed by atoms with Crippen molar-refractivity contribution < 1.29 is 4.79 Å². The van der Waals surface area contributed by atoms with Gasteiger partial charge >= 0.3 is 0 Å². The molecule has 2 aliphatic heterocycles. The highest BCUT2D eigenvalue weighted by molar-refractivity contribution is 6.31. The topological polar surface area (TPSA) is 48.1 Å². The van der Waals surface area contributed by atoms with E-state index in [1.807, 2.05) is 18.2 Å². The van der Waals surface area contributed by atoms with E-state index in [1.54, 1.807) is 0 Å². The number of likely N-dealkylation sites (tertiary alicyclic amines) is 1. The van der Waals surface area contributed by atoms with E-state index in [0.717, 1.165) is 49.4 Å². The fourth-order valence-electron chi connectivity index (χ4n) is 4.01. The summed E-state index contributed by atoms with van der Waals surface area (Å²) in [6, 6.07) is 6.28. The minimum Gasteiger partial charge on any atom is -0.357 e. The molecule has 0 aliphatic carbocycles. The number of rotatable bonds is 2. The monoisotopic (exact) mass is 331 g/mol. The first-order valence-corrected chi connectivity index (χ1v) is 8.77. The van der Waals surface area contributed by atoms with Crippen LogP contribution in [0.5, 0.6) is 0 Å². The van der Waals surface area contributed by atoms with Crippen LogP contribution in [0.4, 0.5) is 0 Å². The third kappa shape index (κ3) is 2.86. The fourth-order valence-corrected chi connectivity index (χ4v) is 4.18. The van der Waals surface area contributed by atoms with Gasteiger partial charge in [0.1, 0.15) is 0 Å². The summed E-state index contributed by atoms with van der Waals surface area (Å²) in [7, 11) is 0. The van der Waals surface area contributed by atoms with Crippen molar-refractivity contribution in [3.8, 4) is 0 Å². The van der Waals surface area contributed by atoms with Crippen LogP contribution in [0.3, 0.4) is 0 Å². The summed E-state index contributed by atoms with van der Waals surface area (Å²) in [4.78, 5) is 18.1. The average molecular weight is 332 g/mol. The Hall–Kier alpha value is -1.52. The lowest BCUT2D eigenvalue weighted by Gasteiger charge is -2.27. The van der Waals surface area contributed by atoms with Crippen molar-refractivity contribution in [3.63, 3.8) is 0 Å². The van der Waals surface area contributed by atoms with Crippen LogP contribution >= 0.6 is 11.6 Å². The molecule has 4 rings (SSSR count). The first kappa shape index (κ1) is 15.0. The number of H-pyrrole nitrogens is 1. The van der Waals surface area contributed by atoms with Crippen molar-refractivity contribution in [2.24, 2.45) is 5.92 Å². The number of carbonyl (C=O) groups is 1. The van der Waals surface area contributed by atoms with E-state index in [-0.39, 0.29) is 11.8 Å². The Bertz CT molecular complexity index is 754. The first-order chi connectivity index (χ1) is 11.1. The van der Waals surface area contributed by atoms with Gasteiger partial charge in [-0.25, -0.2) is 0 Å². The second-order valence-electron chi connectivity index (χ2n) is 6.95. The number of fused-ring (bicyclic) bond motifs is 4. The molecule has 2 saturated heterocycles. The summed E-state index contributed by atoms with van der Waals surface area (Å²) >= 11 is 6.12. The van der Waals surface area contributed by atoms with Crippen LogP contribution in [0, 0.1) is 12.8 Å². The van der Waals surface area contributed by atoms with Gasteiger partial charge in [0.15, 0.2) is 0 Å². The van der Waals surface area contributed by atoms with E-state index in [4.69, 9.17) is 11.6 Å². The summed E-state index contributed by atoms with van der Waals surface area (Å²) in [6.07, 6.45) is 3.27. The SMILES string of the molecule is Cc1c(CN2C[C@H]3CCC[C@@H](C2)C(=O)N3)[nH]c2ccc(Cl)cc12. The quantitative estimate of drug-likeness (QED) is 0.887. The summed E-state index contributed by atoms with van der Waals surface area (Å²) in [5, 5.41) is 5.16. The second-order valence-corrected chi connectivity index (χ2v) is 7.38. The molecular formula is C18H22ClN3O. The lowest BCUT2D eigenvalue weighted by Crippen LogP contribution is -2.38. The third-order valence-electron chi connectivity index (χ3n) is 5.29. The van der Waals surface area contributed by atoms with Gasteiger partial charge in [-0.1, -0.05) is 18.0 Å². The van der Waals surface area contributed by atoms with Crippen molar-refractivity contribution >= 4 is 28.4 Å². The molecule has 2 atom stereocenters. The smallest absolute Gasteiger partial charge is 0.224 e. The number of hydrogen-bond acceptors (Lipinski definition) is 2. The van der Waals surface area contributed by atoms with Gasteiger partial charge in [0.05, 0.1) is 5.92 Å². The molecule has 1 aromatic heterocycles. The Morgan fingerprint density at radius 3 is 3.04 bits per heavy atom. The third-order valence-corrected chi connectivity index (χ3v) is 5.52. The predicted octanol–water partition coefficient (Wildman–Crippen LogP) is 3.23. The molecule has 2 aliphatic rings. The molecule has 2 aromatic rings. The molecule has 0 saturated carbocycles. The van der Waals surface area contributed by atoms with Crippen molar-refractivity contribution in [1.29, 1.82) is 0 Å². The van der Waals surface area contributed by atoms with Crippen LogP contribution in [0.2, 0.25) is 5.02 Å². The van der Waals surface area contributed by atoms with E-state index in [0.29, 0.717) is 6.04 Å². The lowest BCUT2D eigenvalue weighted by atomic mass is 9.99. The van der Waals surface area contributed by atoms with Crippen molar-refractivity contribution in [1.82, 2.24) is 15.2 Å². The second kappa shape index (κ2) is 5.84. The van der Waals surface area contributed by atoms with Gasteiger partial charge in [0.2, 0.25) is 5.91 Å². The number of nitrogens with zero attached hydrogens (tertiary/aromatic N) is 1. The summed E-state index contributed by atoms with van der Waals surface area (Å²) in [5.74, 6) is 0.386. The zero-order valence-corrected chi connectivity index (χ0v) is 14.1. The molecule has 2 fully saturated rings. The first-order valence-electron chi connectivity index (χ1n) is 8.39. The maximum Gasteiger partial charge on any atom is 0.224 e. The molecule has 1 amide bonds. The predicted molar refractivity (Wildman–Crippen MR) is 92.6 cm³/mol. The van der Waals surface area contributed by atoms with E-state index in [1.165, 1.54) is 16.6 Å². The number of benzene rings is 1. The molecule has 0 spiro atoms. The van der Waals surface area contributed by atoms with Gasteiger partial charge in [-0.3, -0.25) is 9.69 Å². The van der Waals surface area contributed by atoms with Crippen molar-refractivity contribution in [3.05, 3.63) is 34.5 Å². The molecule has 4 nitrogen and oxygen atoms in total. The van der Waals surface area contributed by atoms with E-state index in [2.05, 4.69) is 22.1 Å². The maximum absolute atomic E-state index is 12.2. The Morgan fingerprint density at radius 2 is 2.17 bits per heavy atom. The van der Waals surface area contributed by atoms with E-state index < -0.39 is 0 Å². The minimum atomic E-state index is 0.140. The average Bonchev–Trinajstić information content (AvgIpc) is 2.62. The molecule has 23 heavy (non-hydrogen) atoms. The number of nitrogens with one attached hydrogen (secondary N) is 2. The highest BCUT2D eigenvalue weighted by Crippen LogP contribution is 2.27. The van der Waals surface area contributed by atoms with Gasteiger partial charge < -0.3 is 10.3 Å². The Labute approximate surface area is 141 Å². The van der Waals surface area contributed by atoms with Crippen LogP contribution < -0.4 is 5.32 Å². The number of hydrogen-bond donors (Lipinski definition) is 2. The number of aromatic amines is 1. The van der Waals surface area contributed by atoms with Gasteiger partial charge in [0, 0.05) is 47.3 Å². The van der Waals surface area contributed by atoms with Crippen LogP contribution in [0.15, 0.2) is 18.2 Å².